The van der Waals surface area contributed by atoms with E-state index in [0.717, 1.165) is 44.9 Å². The second kappa shape index (κ2) is 34.6. The third-order valence-electron chi connectivity index (χ3n) is 8.53. The summed E-state index contributed by atoms with van der Waals surface area (Å²) in [6, 6.07) is 0. The summed E-state index contributed by atoms with van der Waals surface area (Å²) < 4.78 is 26.3. The minimum atomic E-state index is -4.74. The van der Waals surface area contributed by atoms with Crippen molar-refractivity contribution in [2.45, 2.75) is 206 Å². The standard InChI is InChI=1S/C38H73O8P/c1-3-5-7-9-11-13-15-17-19-21-23-25-27-29-31-33-38(40)46-36(35-45-47(41,42)43)34-44-37(39)32-30-28-26-24-22-20-18-16-14-12-10-8-6-4-2/h13,15,36H,3-12,14,16-35H2,1-2H3,(H2,41,42,43)/b15-13+/t36-/m1/s1. The van der Waals surface area contributed by atoms with Crippen LogP contribution in [0.2, 0.25) is 0 Å². The second-order valence-electron chi connectivity index (χ2n) is 13.3. The molecule has 0 saturated heterocycles. The molecule has 0 rings (SSSR count). The first-order valence-corrected chi connectivity index (χ1v) is 21.0. The molecule has 2 N–H and O–H groups in total. The Bertz CT molecular complexity index is 782. The van der Waals surface area contributed by atoms with E-state index in [1.807, 2.05) is 0 Å². The number of esters is 2. The summed E-state index contributed by atoms with van der Waals surface area (Å²) in [5.74, 6) is -0.881. The van der Waals surface area contributed by atoms with Crippen LogP contribution < -0.4 is 0 Å². The van der Waals surface area contributed by atoms with Gasteiger partial charge in [0.05, 0.1) is 6.61 Å². The first kappa shape index (κ1) is 45.8. The third kappa shape index (κ3) is 37.5. The Kier molecular flexibility index (Phi) is 33.8. The van der Waals surface area contributed by atoms with Gasteiger partial charge in [-0.05, 0) is 38.5 Å². The lowest BCUT2D eigenvalue weighted by atomic mass is 10.0. The Hall–Kier alpha value is -1.21. The zero-order valence-corrected chi connectivity index (χ0v) is 31.3. The van der Waals surface area contributed by atoms with Gasteiger partial charge in [-0.3, -0.25) is 14.1 Å². The number of unbranched alkanes of at least 4 members (excludes halogenated alkanes) is 24. The van der Waals surface area contributed by atoms with Crippen LogP contribution in [0.15, 0.2) is 12.2 Å². The van der Waals surface area contributed by atoms with Gasteiger partial charge in [-0.15, -0.1) is 0 Å². The highest BCUT2D eigenvalue weighted by atomic mass is 31.2. The van der Waals surface area contributed by atoms with Crippen molar-refractivity contribution < 1.29 is 37.9 Å². The van der Waals surface area contributed by atoms with Crippen molar-refractivity contribution in [2.75, 3.05) is 13.2 Å². The predicted molar refractivity (Wildman–Crippen MR) is 193 cm³/mol. The van der Waals surface area contributed by atoms with Crippen molar-refractivity contribution in [1.82, 2.24) is 0 Å². The number of hydrogen-bond donors (Lipinski definition) is 2. The van der Waals surface area contributed by atoms with Crippen LogP contribution in [0.4, 0.5) is 0 Å². The maximum absolute atomic E-state index is 12.4. The molecule has 0 saturated carbocycles. The van der Waals surface area contributed by atoms with E-state index in [4.69, 9.17) is 19.3 Å². The molecule has 47 heavy (non-hydrogen) atoms. The van der Waals surface area contributed by atoms with Gasteiger partial charge in [0.25, 0.3) is 0 Å². The maximum atomic E-state index is 12.4. The van der Waals surface area contributed by atoms with E-state index in [1.54, 1.807) is 0 Å². The molecule has 9 heteroatoms. The number of allylic oxidation sites excluding steroid dienone is 2. The average Bonchev–Trinajstić information content (AvgIpc) is 3.03. The fourth-order valence-electron chi connectivity index (χ4n) is 5.60. The van der Waals surface area contributed by atoms with Crippen LogP contribution in [-0.2, 0) is 28.2 Å². The summed E-state index contributed by atoms with van der Waals surface area (Å²) in [4.78, 5) is 42.7. The van der Waals surface area contributed by atoms with Crippen LogP contribution in [-0.4, -0.2) is 41.0 Å². The van der Waals surface area contributed by atoms with E-state index >= 15 is 0 Å². The van der Waals surface area contributed by atoms with Crippen LogP contribution in [0.5, 0.6) is 0 Å². The molecule has 0 aliphatic heterocycles. The molecule has 0 heterocycles. The van der Waals surface area contributed by atoms with Crippen LogP contribution in [0, 0.1) is 0 Å². The first-order valence-electron chi connectivity index (χ1n) is 19.5. The molecule has 1 atom stereocenters. The molecule has 0 aromatic rings. The Balaban J connectivity index is 3.93. The van der Waals surface area contributed by atoms with E-state index in [1.165, 1.54) is 122 Å². The van der Waals surface area contributed by atoms with Crippen LogP contribution in [0.3, 0.4) is 0 Å². The Labute approximate surface area is 288 Å². The summed E-state index contributed by atoms with van der Waals surface area (Å²) in [6.07, 6.45) is 36.4. The summed E-state index contributed by atoms with van der Waals surface area (Å²) >= 11 is 0. The molecule has 0 fully saturated rings. The highest BCUT2D eigenvalue weighted by molar-refractivity contribution is 7.46. The zero-order chi connectivity index (χ0) is 34.7. The number of carbonyl (C=O) groups excluding carboxylic acids is 2. The second-order valence-corrected chi connectivity index (χ2v) is 14.5. The highest BCUT2D eigenvalue weighted by Crippen LogP contribution is 2.36. The average molecular weight is 689 g/mol. The van der Waals surface area contributed by atoms with Gasteiger partial charge in [0.15, 0.2) is 6.10 Å². The summed E-state index contributed by atoms with van der Waals surface area (Å²) in [7, 11) is -4.74. The van der Waals surface area contributed by atoms with Crippen LogP contribution in [0.25, 0.3) is 0 Å². The van der Waals surface area contributed by atoms with E-state index in [2.05, 4.69) is 30.5 Å². The molecular formula is C38H73O8P. The molecule has 278 valence electrons. The molecule has 0 spiro atoms. The van der Waals surface area contributed by atoms with E-state index < -0.39 is 32.5 Å². The fourth-order valence-corrected chi connectivity index (χ4v) is 5.96. The van der Waals surface area contributed by atoms with Gasteiger partial charge in [0, 0.05) is 12.8 Å². The lowest BCUT2D eigenvalue weighted by Crippen LogP contribution is -2.29. The first-order chi connectivity index (χ1) is 22.8. The Morgan fingerprint density at radius 2 is 0.894 bits per heavy atom. The van der Waals surface area contributed by atoms with Crippen molar-refractivity contribution in [1.29, 1.82) is 0 Å². The molecule has 8 nitrogen and oxygen atoms in total. The van der Waals surface area contributed by atoms with Crippen molar-refractivity contribution in [3.63, 3.8) is 0 Å². The van der Waals surface area contributed by atoms with Crippen molar-refractivity contribution >= 4 is 19.8 Å². The molecule has 0 aromatic carbocycles. The number of hydrogen-bond acceptors (Lipinski definition) is 6. The molecule has 0 amide bonds. The van der Waals surface area contributed by atoms with E-state index in [-0.39, 0.29) is 19.4 Å². The quantitative estimate of drug-likeness (QED) is 0.0289. The molecule has 0 bridgehead atoms. The van der Waals surface area contributed by atoms with Crippen molar-refractivity contribution in [3.8, 4) is 0 Å². The smallest absolute Gasteiger partial charge is 0.462 e. The third-order valence-corrected chi connectivity index (χ3v) is 9.02. The zero-order valence-electron chi connectivity index (χ0n) is 30.4. The fraction of sp³-hybridized carbons (Fsp3) is 0.895. The molecule has 0 unspecified atom stereocenters. The molecule has 0 aliphatic rings. The van der Waals surface area contributed by atoms with Gasteiger partial charge >= 0.3 is 19.8 Å². The number of carbonyl (C=O) groups is 2. The summed E-state index contributed by atoms with van der Waals surface area (Å²) in [5.41, 5.74) is 0. The Morgan fingerprint density at radius 1 is 0.532 bits per heavy atom. The van der Waals surface area contributed by atoms with E-state index in [0.29, 0.717) is 6.42 Å². The van der Waals surface area contributed by atoms with Crippen LogP contribution >= 0.6 is 7.82 Å². The number of ether oxygens (including phenoxy) is 2. The topological polar surface area (TPSA) is 119 Å². The van der Waals surface area contributed by atoms with Crippen LogP contribution in [0.1, 0.15) is 200 Å². The van der Waals surface area contributed by atoms with Crippen molar-refractivity contribution in [3.05, 3.63) is 12.2 Å². The van der Waals surface area contributed by atoms with Gasteiger partial charge < -0.3 is 19.3 Å². The minimum absolute atomic E-state index is 0.211. The lowest BCUT2D eigenvalue weighted by Gasteiger charge is -2.18. The SMILES string of the molecule is CCCCCC/C=C/CCCCCCCCCC(=O)O[C@H](COC(=O)CCCCCCCCCCCCCCCC)COP(=O)(O)O. The highest BCUT2D eigenvalue weighted by Gasteiger charge is 2.22. The summed E-state index contributed by atoms with van der Waals surface area (Å²) in [5, 5.41) is 0. The minimum Gasteiger partial charge on any atom is -0.462 e. The normalized spacial score (nSPS) is 12.5. The van der Waals surface area contributed by atoms with Gasteiger partial charge in [-0.25, -0.2) is 4.57 Å². The molecule has 0 radical (unpaired) electrons. The number of rotatable bonds is 36. The van der Waals surface area contributed by atoms with E-state index in [9.17, 15) is 14.2 Å². The maximum Gasteiger partial charge on any atom is 0.469 e. The molecule has 0 aliphatic carbocycles. The Morgan fingerprint density at radius 3 is 1.32 bits per heavy atom. The number of phosphoric acid groups is 1. The molecular weight excluding hydrogens is 615 g/mol. The number of phosphoric ester groups is 1. The van der Waals surface area contributed by atoms with Gasteiger partial charge in [-0.2, -0.15) is 0 Å². The lowest BCUT2D eigenvalue weighted by molar-refractivity contribution is -0.161. The van der Waals surface area contributed by atoms with Gasteiger partial charge in [-0.1, -0.05) is 161 Å². The van der Waals surface area contributed by atoms with Crippen molar-refractivity contribution in [2.24, 2.45) is 0 Å². The van der Waals surface area contributed by atoms with Gasteiger partial charge in [0.2, 0.25) is 0 Å². The molecule has 0 aromatic heterocycles. The monoisotopic (exact) mass is 689 g/mol. The summed E-state index contributed by atoms with van der Waals surface area (Å²) in [6.45, 7) is 3.67. The largest absolute Gasteiger partial charge is 0.469 e. The van der Waals surface area contributed by atoms with Gasteiger partial charge in [0.1, 0.15) is 6.61 Å². The predicted octanol–water partition coefficient (Wildman–Crippen LogP) is 11.5.